The van der Waals surface area contributed by atoms with Crippen molar-refractivity contribution >= 4 is 27.5 Å². The van der Waals surface area contributed by atoms with E-state index in [1.807, 2.05) is 43.3 Å². The minimum atomic E-state index is -4.25. The number of sulfonamides is 1. The van der Waals surface area contributed by atoms with E-state index in [1.165, 1.54) is 24.1 Å². The highest BCUT2D eigenvalue weighted by molar-refractivity contribution is 7.92. The van der Waals surface area contributed by atoms with Crippen molar-refractivity contribution in [2.45, 2.75) is 37.8 Å². The van der Waals surface area contributed by atoms with E-state index in [-0.39, 0.29) is 29.5 Å². The number of carbonyl (C=O) groups is 2. The molecule has 0 saturated carbocycles. The number of nitrogens with zero attached hydrogens (tertiary/aromatic N) is 2. The van der Waals surface area contributed by atoms with Crippen LogP contribution in [0.25, 0.3) is 0 Å². The topological polar surface area (TPSA) is 105 Å². The number of nitrogens with one attached hydrogen (secondary N) is 1. The first kappa shape index (κ1) is 33.1. The monoisotopic (exact) mass is 629 g/mol. The van der Waals surface area contributed by atoms with Gasteiger partial charge in [-0.25, -0.2) is 8.42 Å². The number of methoxy groups -OCH3 is 1. The fraction of sp³-hybridized carbons (Fsp3) is 0.257. The van der Waals surface area contributed by atoms with Gasteiger partial charge in [0, 0.05) is 20.0 Å². The summed E-state index contributed by atoms with van der Waals surface area (Å²) in [6.07, 6.45) is 0.219. The number of amides is 2. The fourth-order valence-electron chi connectivity index (χ4n) is 4.98. The van der Waals surface area contributed by atoms with Gasteiger partial charge in [-0.1, -0.05) is 72.3 Å². The van der Waals surface area contributed by atoms with Gasteiger partial charge in [0.05, 0.1) is 24.3 Å². The highest BCUT2D eigenvalue weighted by atomic mass is 32.2. The van der Waals surface area contributed by atoms with Crippen LogP contribution in [0.3, 0.4) is 0 Å². The Kier molecular flexibility index (Phi) is 11.2. The zero-order chi connectivity index (χ0) is 32.4. The Morgan fingerprint density at radius 1 is 0.867 bits per heavy atom. The number of hydrogen-bond donors (Lipinski definition) is 1. The lowest BCUT2D eigenvalue weighted by Gasteiger charge is -2.34. The van der Waals surface area contributed by atoms with Gasteiger partial charge in [0.1, 0.15) is 24.1 Å². The predicted octanol–water partition coefficient (Wildman–Crippen LogP) is 4.98. The SMILES string of the molecule is CCOc1ccccc1N(CC(=O)N(Cc1cccc(OC)c1)[C@@H](Cc1ccccc1)C(=O)NC)S(=O)(=O)c1ccc(C)cc1. The van der Waals surface area contributed by atoms with Gasteiger partial charge in [0.2, 0.25) is 11.8 Å². The molecule has 4 rings (SSSR count). The number of rotatable bonds is 14. The van der Waals surface area contributed by atoms with Gasteiger partial charge in [0.25, 0.3) is 10.0 Å². The van der Waals surface area contributed by atoms with E-state index in [0.717, 1.165) is 15.4 Å². The quantitative estimate of drug-likeness (QED) is 0.211. The Balaban J connectivity index is 1.83. The summed E-state index contributed by atoms with van der Waals surface area (Å²) in [5.41, 5.74) is 2.67. The second kappa shape index (κ2) is 15.3. The number of ether oxygens (including phenoxy) is 2. The first-order valence-electron chi connectivity index (χ1n) is 14.7. The summed E-state index contributed by atoms with van der Waals surface area (Å²) in [4.78, 5) is 29.4. The van der Waals surface area contributed by atoms with Crippen molar-refractivity contribution in [1.82, 2.24) is 10.2 Å². The van der Waals surface area contributed by atoms with E-state index in [9.17, 15) is 18.0 Å². The molecule has 0 fully saturated rings. The first-order chi connectivity index (χ1) is 21.7. The number of aryl methyl sites for hydroxylation is 1. The minimum absolute atomic E-state index is 0.0266. The molecule has 1 N–H and O–H groups in total. The molecule has 0 heterocycles. The summed E-state index contributed by atoms with van der Waals surface area (Å²) in [6.45, 7) is 3.42. The highest BCUT2D eigenvalue weighted by Crippen LogP contribution is 2.33. The average Bonchev–Trinajstić information content (AvgIpc) is 3.06. The van der Waals surface area contributed by atoms with Crippen LogP contribution in [0, 0.1) is 6.92 Å². The van der Waals surface area contributed by atoms with Crippen molar-refractivity contribution in [1.29, 1.82) is 0 Å². The summed E-state index contributed by atoms with van der Waals surface area (Å²) in [5, 5.41) is 2.69. The number of hydrogen-bond acceptors (Lipinski definition) is 6. The molecule has 4 aromatic rings. The highest BCUT2D eigenvalue weighted by Gasteiger charge is 2.35. The third-order valence-corrected chi connectivity index (χ3v) is 9.10. The molecule has 0 radical (unpaired) electrons. The zero-order valence-electron chi connectivity index (χ0n) is 26.0. The van der Waals surface area contributed by atoms with Gasteiger partial charge in [-0.15, -0.1) is 0 Å². The Morgan fingerprint density at radius 3 is 2.20 bits per heavy atom. The van der Waals surface area contributed by atoms with E-state index in [1.54, 1.807) is 68.6 Å². The summed E-state index contributed by atoms with van der Waals surface area (Å²) >= 11 is 0. The summed E-state index contributed by atoms with van der Waals surface area (Å²) in [6, 6.07) is 28.8. The Morgan fingerprint density at radius 2 is 1.53 bits per heavy atom. The smallest absolute Gasteiger partial charge is 0.264 e. The molecule has 0 aromatic heterocycles. The molecule has 10 heteroatoms. The Bertz CT molecular complexity index is 1690. The maximum absolute atomic E-state index is 14.5. The number of para-hydroxylation sites is 2. The maximum Gasteiger partial charge on any atom is 0.264 e. The molecule has 0 aliphatic carbocycles. The van der Waals surface area contributed by atoms with Gasteiger partial charge in [-0.05, 0) is 61.4 Å². The number of benzene rings is 4. The Labute approximate surface area is 265 Å². The zero-order valence-corrected chi connectivity index (χ0v) is 26.8. The normalized spacial score (nSPS) is 11.7. The molecule has 45 heavy (non-hydrogen) atoms. The van der Waals surface area contributed by atoms with E-state index in [2.05, 4.69) is 5.32 Å². The van der Waals surface area contributed by atoms with Crippen LogP contribution < -0.4 is 19.1 Å². The molecule has 1 atom stereocenters. The van der Waals surface area contributed by atoms with Crippen molar-refractivity contribution in [3.8, 4) is 11.5 Å². The third kappa shape index (κ3) is 8.21. The molecule has 0 spiro atoms. The van der Waals surface area contributed by atoms with Crippen LogP contribution in [-0.2, 0) is 32.6 Å². The Hall–Kier alpha value is -4.83. The first-order valence-corrected chi connectivity index (χ1v) is 16.1. The molecule has 0 unspecified atom stereocenters. The van der Waals surface area contributed by atoms with E-state index < -0.39 is 28.5 Å². The van der Waals surface area contributed by atoms with Crippen molar-refractivity contribution in [3.05, 3.63) is 120 Å². The van der Waals surface area contributed by atoms with Gasteiger partial charge >= 0.3 is 0 Å². The van der Waals surface area contributed by atoms with Crippen molar-refractivity contribution < 1.29 is 27.5 Å². The lowest BCUT2D eigenvalue weighted by molar-refractivity contribution is -0.139. The van der Waals surface area contributed by atoms with Crippen LogP contribution in [0.1, 0.15) is 23.6 Å². The minimum Gasteiger partial charge on any atom is -0.497 e. The third-order valence-electron chi connectivity index (χ3n) is 7.33. The number of anilines is 1. The lowest BCUT2D eigenvalue weighted by atomic mass is 10.0. The van der Waals surface area contributed by atoms with Crippen LogP contribution >= 0.6 is 0 Å². The van der Waals surface area contributed by atoms with Gasteiger partial charge in [0.15, 0.2) is 0 Å². The molecule has 4 aromatic carbocycles. The average molecular weight is 630 g/mol. The van der Waals surface area contributed by atoms with Crippen molar-refractivity contribution in [2.75, 3.05) is 31.6 Å². The van der Waals surface area contributed by atoms with Gasteiger partial charge in [-0.2, -0.15) is 0 Å². The lowest BCUT2D eigenvalue weighted by Crippen LogP contribution is -2.53. The maximum atomic E-state index is 14.5. The number of likely N-dealkylation sites (N-methyl/N-ethyl adjacent to an activating group) is 1. The largest absolute Gasteiger partial charge is 0.497 e. The van der Waals surface area contributed by atoms with Crippen LogP contribution in [-0.4, -0.2) is 58.5 Å². The molecule has 236 valence electrons. The summed E-state index contributed by atoms with van der Waals surface area (Å²) in [5.74, 6) is -0.0364. The van der Waals surface area contributed by atoms with Gasteiger partial charge < -0.3 is 19.7 Å². The van der Waals surface area contributed by atoms with E-state index >= 15 is 0 Å². The summed E-state index contributed by atoms with van der Waals surface area (Å²) < 4.78 is 40.8. The fourth-order valence-corrected chi connectivity index (χ4v) is 6.40. The van der Waals surface area contributed by atoms with Crippen molar-refractivity contribution in [3.63, 3.8) is 0 Å². The molecule has 2 amide bonds. The van der Waals surface area contributed by atoms with Crippen LogP contribution in [0.15, 0.2) is 108 Å². The second-order valence-corrected chi connectivity index (χ2v) is 12.3. The predicted molar refractivity (Wildman–Crippen MR) is 175 cm³/mol. The number of carbonyl (C=O) groups excluding carboxylic acids is 2. The second-order valence-electron chi connectivity index (χ2n) is 10.4. The van der Waals surface area contributed by atoms with Gasteiger partial charge in [-0.3, -0.25) is 13.9 Å². The molecule has 0 aliphatic rings. The molecule has 9 nitrogen and oxygen atoms in total. The molecule has 0 saturated heterocycles. The van der Waals surface area contributed by atoms with Crippen LogP contribution in [0.4, 0.5) is 5.69 Å². The van der Waals surface area contributed by atoms with Crippen molar-refractivity contribution in [2.24, 2.45) is 0 Å². The van der Waals surface area contributed by atoms with Crippen LogP contribution in [0.2, 0.25) is 0 Å². The standard InChI is InChI=1S/C35H39N3O6S/c1-5-44-33-17-10-9-16-31(33)38(45(41,42)30-20-18-26(2)19-21-30)25-34(39)37(24-28-14-11-15-29(22-28)43-4)32(35(40)36-3)23-27-12-7-6-8-13-27/h6-22,32H,5,23-25H2,1-4H3,(H,36,40)/t32-/m0/s1. The van der Waals surface area contributed by atoms with E-state index in [0.29, 0.717) is 23.7 Å². The molecular weight excluding hydrogens is 590 g/mol. The molecule has 0 bridgehead atoms. The van der Waals surface area contributed by atoms with Crippen LogP contribution in [0.5, 0.6) is 11.5 Å². The molecular formula is C35H39N3O6S. The van der Waals surface area contributed by atoms with E-state index in [4.69, 9.17) is 9.47 Å². The molecule has 0 aliphatic heterocycles. The summed E-state index contributed by atoms with van der Waals surface area (Å²) in [7, 11) is -1.18.